The molecule has 0 saturated heterocycles. The highest BCUT2D eigenvalue weighted by molar-refractivity contribution is 6.08. The summed E-state index contributed by atoms with van der Waals surface area (Å²) in [5.41, 5.74) is 7.34. The SMILES string of the molecule is Cc1ccccc1N/N=C(\Nc1ccccc1)c1ccccc1. The first-order valence-electron chi connectivity index (χ1n) is 7.60. The quantitative estimate of drug-likeness (QED) is 0.409. The van der Waals surface area contributed by atoms with Gasteiger partial charge in [0.25, 0.3) is 0 Å². The number of hydrogen-bond donors (Lipinski definition) is 2. The molecule has 0 radical (unpaired) electrons. The van der Waals surface area contributed by atoms with Crippen LogP contribution in [-0.2, 0) is 0 Å². The maximum absolute atomic E-state index is 4.58. The van der Waals surface area contributed by atoms with Crippen LogP contribution < -0.4 is 10.7 Å². The van der Waals surface area contributed by atoms with Crippen LogP contribution in [0.15, 0.2) is 90.0 Å². The highest BCUT2D eigenvalue weighted by Crippen LogP contribution is 2.14. The van der Waals surface area contributed by atoms with Gasteiger partial charge in [0.15, 0.2) is 5.84 Å². The average Bonchev–Trinajstić information content (AvgIpc) is 2.61. The third-order valence-corrected chi connectivity index (χ3v) is 3.52. The molecule has 2 N–H and O–H groups in total. The number of para-hydroxylation sites is 2. The van der Waals surface area contributed by atoms with Gasteiger partial charge in [-0.1, -0.05) is 66.7 Å². The second-order valence-electron chi connectivity index (χ2n) is 5.24. The maximum atomic E-state index is 4.58. The Hall–Kier alpha value is -3.07. The van der Waals surface area contributed by atoms with E-state index in [1.165, 1.54) is 0 Å². The van der Waals surface area contributed by atoms with E-state index >= 15 is 0 Å². The minimum Gasteiger partial charge on any atom is -0.338 e. The van der Waals surface area contributed by atoms with Gasteiger partial charge in [0, 0.05) is 11.3 Å². The molecule has 0 aliphatic carbocycles. The fraction of sp³-hybridized carbons (Fsp3) is 0.0500. The normalized spacial score (nSPS) is 11.1. The molecule has 0 unspecified atom stereocenters. The minimum absolute atomic E-state index is 0.778. The Morgan fingerprint density at radius 1 is 0.739 bits per heavy atom. The summed E-state index contributed by atoms with van der Waals surface area (Å²) in [6.07, 6.45) is 0. The highest BCUT2D eigenvalue weighted by Gasteiger charge is 2.04. The molecule has 3 heteroatoms. The van der Waals surface area contributed by atoms with Gasteiger partial charge < -0.3 is 5.32 Å². The number of rotatable bonds is 4. The maximum Gasteiger partial charge on any atom is 0.157 e. The Morgan fingerprint density at radius 3 is 2.04 bits per heavy atom. The number of hydrazone groups is 1. The standard InChI is InChI=1S/C20H19N3/c1-16-10-8-9-15-19(16)22-23-20(17-11-4-2-5-12-17)21-18-13-6-3-7-14-18/h2-15,22H,1H3,(H,21,23). The van der Waals surface area contributed by atoms with Crippen molar-refractivity contribution in [2.75, 3.05) is 10.7 Å². The van der Waals surface area contributed by atoms with E-state index in [9.17, 15) is 0 Å². The molecule has 23 heavy (non-hydrogen) atoms. The van der Waals surface area contributed by atoms with Crippen molar-refractivity contribution in [2.45, 2.75) is 6.92 Å². The van der Waals surface area contributed by atoms with Crippen molar-refractivity contribution in [1.82, 2.24) is 0 Å². The van der Waals surface area contributed by atoms with Gasteiger partial charge in [-0.05, 0) is 30.7 Å². The van der Waals surface area contributed by atoms with Gasteiger partial charge in [-0.3, -0.25) is 5.43 Å². The molecule has 0 heterocycles. The Kier molecular flexibility index (Phi) is 4.69. The third-order valence-electron chi connectivity index (χ3n) is 3.52. The predicted octanol–water partition coefficient (Wildman–Crippen LogP) is 4.88. The second-order valence-corrected chi connectivity index (χ2v) is 5.24. The topological polar surface area (TPSA) is 36.4 Å². The predicted molar refractivity (Wildman–Crippen MR) is 97.8 cm³/mol. The fourth-order valence-electron chi connectivity index (χ4n) is 2.23. The van der Waals surface area contributed by atoms with Crippen molar-refractivity contribution < 1.29 is 0 Å². The van der Waals surface area contributed by atoms with Crippen LogP contribution in [0.25, 0.3) is 0 Å². The van der Waals surface area contributed by atoms with E-state index < -0.39 is 0 Å². The van der Waals surface area contributed by atoms with Gasteiger partial charge in [0.05, 0.1) is 5.69 Å². The first-order chi connectivity index (χ1) is 11.3. The number of nitrogens with zero attached hydrogens (tertiary/aromatic N) is 1. The van der Waals surface area contributed by atoms with E-state index in [0.717, 1.165) is 28.3 Å². The molecular formula is C20H19N3. The molecule has 0 aliphatic rings. The number of anilines is 2. The van der Waals surface area contributed by atoms with Crippen LogP contribution in [0.2, 0.25) is 0 Å². The number of benzene rings is 3. The lowest BCUT2D eigenvalue weighted by Crippen LogP contribution is -2.15. The van der Waals surface area contributed by atoms with E-state index in [0.29, 0.717) is 0 Å². The van der Waals surface area contributed by atoms with Crippen LogP contribution in [0.4, 0.5) is 11.4 Å². The second kappa shape index (κ2) is 7.27. The Labute approximate surface area is 136 Å². The third kappa shape index (κ3) is 3.98. The molecule has 0 aromatic heterocycles. The number of aryl methyl sites for hydroxylation is 1. The molecule has 0 atom stereocenters. The van der Waals surface area contributed by atoms with Crippen LogP contribution in [0, 0.1) is 6.92 Å². The summed E-state index contributed by atoms with van der Waals surface area (Å²) < 4.78 is 0. The van der Waals surface area contributed by atoms with Gasteiger partial charge >= 0.3 is 0 Å². The zero-order valence-electron chi connectivity index (χ0n) is 13.0. The summed E-state index contributed by atoms with van der Waals surface area (Å²) >= 11 is 0. The molecular weight excluding hydrogens is 282 g/mol. The van der Waals surface area contributed by atoms with Gasteiger partial charge in [-0.25, -0.2) is 0 Å². The van der Waals surface area contributed by atoms with E-state index in [2.05, 4.69) is 28.8 Å². The first kappa shape index (κ1) is 14.9. The van der Waals surface area contributed by atoms with Crippen LogP contribution in [-0.4, -0.2) is 5.84 Å². The van der Waals surface area contributed by atoms with Crippen molar-refractivity contribution >= 4 is 17.2 Å². The summed E-state index contributed by atoms with van der Waals surface area (Å²) in [4.78, 5) is 0. The molecule has 3 aromatic carbocycles. The average molecular weight is 301 g/mol. The van der Waals surface area contributed by atoms with Gasteiger partial charge in [-0.2, -0.15) is 5.10 Å². The summed E-state index contributed by atoms with van der Waals surface area (Å²) in [7, 11) is 0. The molecule has 0 aliphatic heterocycles. The van der Waals surface area contributed by atoms with Crippen molar-refractivity contribution in [3.05, 3.63) is 96.1 Å². The van der Waals surface area contributed by atoms with Gasteiger partial charge in [-0.15, -0.1) is 0 Å². The van der Waals surface area contributed by atoms with Crippen LogP contribution >= 0.6 is 0 Å². The van der Waals surface area contributed by atoms with Crippen molar-refractivity contribution in [2.24, 2.45) is 5.10 Å². The van der Waals surface area contributed by atoms with Gasteiger partial charge in [0.2, 0.25) is 0 Å². The van der Waals surface area contributed by atoms with Crippen LogP contribution in [0.5, 0.6) is 0 Å². The molecule has 3 rings (SSSR count). The zero-order chi connectivity index (χ0) is 15.9. The number of hydrogen-bond acceptors (Lipinski definition) is 2. The van der Waals surface area contributed by atoms with Crippen LogP contribution in [0.1, 0.15) is 11.1 Å². The Balaban J connectivity index is 1.89. The largest absolute Gasteiger partial charge is 0.338 e. The number of amidine groups is 1. The lowest BCUT2D eigenvalue weighted by Gasteiger charge is -2.12. The monoisotopic (exact) mass is 301 g/mol. The van der Waals surface area contributed by atoms with Crippen molar-refractivity contribution in [3.8, 4) is 0 Å². The first-order valence-corrected chi connectivity index (χ1v) is 7.60. The molecule has 3 aromatic rings. The molecule has 0 bridgehead atoms. The Morgan fingerprint density at radius 2 is 1.35 bits per heavy atom. The van der Waals surface area contributed by atoms with E-state index in [-0.39, 0.29) is 0 Å². The Bertz CT molecular complexity index is 780. The fourth-order valence-corrected chi connectivity index (χ4v) is 2.23. The lowest BCUT2D eigenvalue weighted by atomic mass is 10.2. The van der Waals surface area contributed by atoms with E-state index in [4.69, 9.17) is 0 Å². The van der Waals surface area contributed by atoms with Crippen molar-refractivity contribution in [1.29, 1.82) is 0 Å². The molecule has 114 valence electrons. The molecule has 0 saturated carbocycles. The summed E-state index contributed by atoms with van der Waals surface area (Å²) in [6.45, 7) is 2.06. The summed E-state index contributed by atoms with van der Waals surface area (Å²) in [5, 5.41) is 7.95. The lowest BCUT2D eigenvalue weighted by molar-refractivity contribution is 1.29. The van der Waals surface area contributed by atoms with E-state index in [1.807, 2.05) is 78.9 Å². The van der Waals surface area contributed by atoms with Crippen molar-refractivity contribution in [3.63, 3.8) is 0 Å². The van der Waals surface area contributed by atoms with Gasteiger partial charge in [0.1, 0.15) is 0 Å². The molecule has 0 fully saturated rings. The molecule has 0 amide bonds. The summed E-state index contributed by atoms with van der Waals surface area (Å²) in [6, 6.07) is 28.2. The van der Waals surface area contributed by atoms with E-state index in [1.54, 1.807) is 0 Å². The smallest absolute Gasteiger partial charge is 0.157 e. The summed E-state index contributed by atoms with van der Waals surface area (Å²) in [5.74, 6) is 0.778. The number of nitrogens with one attached hydrogen (secondary N) is 2. The zero-order valence-corrected chi connectivity index (χ0v) is 13.0. The highest BCUT2D eigenvalue weighted by atomic mass is 15.3. The molecule has 3 nitrogen and oxygen atoms in total. The van der Waals surface area contributed by atoms with Crippen LogP contribution in [0.3, 0.4) is 0 Å². The minimum atomic E-state index is 0.778. The molecule has 0 spiro atoms.